The van der Waals surface area contributed by atoms with Crippen molar-refractivity contribution in [2.75, 3.05) is 7.11 Å². The van der Waals surface area contributed by atoms with Crippen LogP contribution in [-0.2, 0) is 11.0 Å². The molecule has 0 aliphatic rings. The summed E-state index contributed by atoms with van der Waals surface area (Å²) in [5.74, 6) is -3.49. The first-order chi connectivity index (χ1) is 12.3. The first kappa shape index (κ1) is 17.4. The van der Waals surface area contributed by atoms with E-state index in [0.717, 1.165) is 0 Å². The lowest BCUT2D eigenvalue weighted by Gasteiger charge is -2.14. The van der Waals surface area contributed by atoms with Crippen LogP contribution >= 0.6 is 0 Å². The van der Waals surface area contributed by atoms with Crippen molar-refractivity contribution in [2.45, 2.75) is 6.18 Å². The van der Waals surface area contributed by atoms with E-state index in [9.17, 15) is 22.8 Å². The number of halogens is 3. The molecule has 0 aliphatic carbocycles. The van der Waals surface area contributed by atoms with E-state index in [1.165, 1.54) is 31.5 Å². The third kappa shape index (κ3) is 2.75. The monoisotopic (exact) mass is 365 g/mol. The van der Waals surface area contributed by atoms with Crippen molar-refractivity contribution in [3.8, 4) is 11.6 Å². The lowest BCUT2D eigenvalue weighted by molar-refractivity contribution is -0.143. The second-order valence-corrected chi connectivity index (χ2v) is 5.14. The SMILES string of the molecule is COc1nccc2c(-n3ncc(C(=O)C(=O)O)c3C(F)(F)F)cccc12. The van der Waals surface area contributed by atoms with Crippen LogP contribution in [-0.4, -0.2) is 38.7 Å². The number of ether oxygens (including phenoxy) is 1. The van der Waals surface area contributed by atoms with E-state index in [1.54, 1.807) is 6.07 Å². The van der Waals surface area contributed by atoms with Gasteiger partial charge in [0.2, 0.25) is 5.88 Å². The molecule has 10 heteroatoms. The molecule has 0 unspecified atom stereocenters. The van der Waals surface area contributed by atoms with E-state index in [2.05, 4.69) is 10.1 Å². The number of rotatable bonds is 4. The maximum atomic E-state index is 13.6. The minimum atomic E-state index is -5.00. The fraction of sp³-hybridized carbons (Fsp3) is 0.125. The number of aliphatic carboxylic acids is 1. The third-order valence-electron chi connectivity index (χ3n) is 3.64. The molecule has 3 aromatic rings. The summed E-state index contributed by atoms with van der Waals surface area (Å²) in [5.41, 5.74) is -2.50. The standard InChI is InChI=1S/C16H10F3N3O4/c1-26-14-9-3-2-4-11(8(9)5-6-20-14)22-13(16(17,18)19)10(7-21-22)12(23)15(24)25/h2-7H,1H3,(H,24,25). The van der Waals surface area contributed by atoms with Crippen LogP contribution in [0.3, 0.4) is 0 Å². The zero-order valence-corrected chi connectivity index (χ0v) is 13.1. The molecule has 0 spiro atoms. The first-order valence-corrected chi connectivity index (χ1v) is 7.10. The molecule has 0 saturated heterocycles. The van der Waals surface area contributed by atoms with Gasteiger partial charge < -0.3 is 9.84 Å². The minimum Gasteiger partial charge on any atom is -0.481 e. The summed E-state index contributed by atoms with van der Waals surface area (Å²) < 4.78 is 46.3. The van der Waals surface area contributed by atoms with Crippen LogP contribution in [0.4, 0.5) is 13.2 Å². The van der Waals surface area contributed by atoms with Gasteiger partial charge in [0.15, 0.2) is 5.69 Å². The number of carboxylic acid groups (broad SMARTS) is 1. The smallest absolute Gasteiger partial charge is 0.434 e. The van der Waals surface area contributed by atoms with Gasteiger partial charge in [-0.25, -0.2) is 14.5 Å². The van der Waals surface area contributed by atoms with E-state index in [0.29, 0.717) is 21.7 Å². The summed E-state index contributed by atoms with van der Waals surface area (Å²) in [6.45, 7) is 0. The maximum Gasteiger partial charge on any atom is 0.434 e. The molecule has 1 N–H and O–H groups in total. The molecule has 0 bridgehead atoms. The number of aromatic nitrogens is 3. The Hall–Kier alpha value is -3.43. The summed E-state index contributed by atoms with van der Waals surface area (Å²) >= 11 is 0. The Kier molecular flexibility index (Phi) is 4.10. The number of Topliss-reactive ketones (excluding diaryl/α,β-unsaturated/α-hetero) is 1. The zero-order valence-electron chi connectivity index (χ0n) is 13.1. The Labute approximate surface area is 143 Å². The van der Waals surface area contributed by atoms with Crippen LogP contribution < -0.4 is 4.74 Å². The second-order valence-electron chi connectivity index (χ2n) is 5.14. The Morgan fingerprint density at radius 3 is 2.54 bits per heavy atom. The molecular formula is C16H10F3N3O4. The van der Waals surface area contributed by atoms with E-state index in [4.69, 9.17) is 9.84 Å². The number of hydrogen-bond acceptors (Lipinski definition) is 5. The summed E-state index contributed by atoms with van der Waals surface area (Å²) in [6.07, 6.45) is -3.06. The van der Waals surface area contributed by atoms with Gasteiger partial charge in [0.1, 0.15) is 0 Å². The molecule has 0 saturated carbocycles. The summed E-state index contributed by atoms with van der Waals surface area (Å²) in [5, 5.41) is 13.1. The third-order valence-corrected chi connectivity index (χ3v) is 3.64. The van der Waals surface area contributed by atoms with Gasteiger partial charge in [-0.15, -0.1) is 0 Å². The van der Waals surface area contributed by atoms with Crippen molar-refractivity contribution in [2.24, 2.45) is 0 Å². The Balaban J connectivity index is 2.34. The number of carboxylic acids is 1. The van der Waals surface area contributed by atoms with Crippen LogP contribution in [0.25, 0.3) is 16.5 Å². The van der Waals surface area contributed by atoms with Gasteiger partial charge in [0, 0.05) is 17.0 Å². The highest BCUT2D eigenvalue weighted by atomic mass is 19.4. The number of nitrogens with zero attached hydrogens (tertiary/aromatic N) is 3. The van der Waals surface area contributed by atoms with Crippen LogP contribution in [0.2, 0.25) is 0 Å². The number of benzene rings is 1. The van der Waals surface area contributed by atoms with Gasteiger partial charge in [-0.1, -0.05) is 6.07 Å². The molecule has 2 aromatic heterocycles. The van der Waals surface area contributed by atoms with Crippen LogP contribution in [0, 0.1) is 0 Å². The molecule has 0 aliphatic heterocycles. The molecule has 0 radical (unpaired) electrons. The number of methoxy groups -OCH3 is 1. The molecule has 0 amide bonds. The van der Waals surface area contributed by atoms with E-state index in [-0.39, 0.29) is 11.6 Å². The van der Waals surface area contributed by atoms with Gasteiger partial charge in [-0.05, 0) is 18.2 Å². The van der Waals surface area contributed by atoms with E-state index < -0.39 is 29.2 Å². The van der Waals surface area contributed by atoms with Crippen molar-refractivity contribution in [1.82, 2.24) is 14.8 Å². The molecule has 1 aromatic carbocycles. The highest BCUT2D eigenvalue weighted by Gasteiger charge is 2.42. The number of ketones is 1. The zero-order chi connectivity index (χ0) is 19.1. The van der Waals surface area contributed by atoms with E-state index in [1.807, 2.05) is 0 Å². The maximum absolute atomic E-state index is 13.6. The number of alkyl halides is 3. The number of carbonyl (C=O) groups excluding carboxylic acids is 1. The lowest BCUT2D eigenvalue weighted by Crippen LogP contribution is -2.21. The van der Waals surface area contributed by atoms with E-state index >= 15 is 0 Å². The van der Waals surface area contributed by atoms with Crippen LogP contribution in [0.15, 0.2) is 36.7 Å². The van der Waals surface area contributed by atoms with Crippen molar-refractivity contribution in [1.29, 1.82) is 0 Å². The predicted octanol–water partition coefficient (Wildman–Crippen LogP) is 2.72. The van der Waals surface area contributed by atoms with Gasteiger partial charge in [-0.2, -0.15) is 18.3 Å². The van der Waals surface area contributed by atoms with Crippen molar-refractivity contribution in [3.05, 3.63) is 47.9 Å². The van der Waals surface area contributed by atoms with Gasteiger partial charge in [-0.3, -0.25) is 4.79 Å². The molecular weight excluding hydrogens is 355 g/mol. The Bertz CT molecular complexity index is 1030. The van der Waals surface area contributed by atoms with Crippen molar-refractivity contribution < 1.29 is 32.6 Å². The number of fused-ring (bicyclic) bond motifs is 1. The second kappa shape index (κ2) is 6.14. The summed E-state index contributed by atoms with van der Waals surface area (Å²) in [6, 6.07) is 5.90. The molecule has 0 atom stereocenters. The fourth-order valence-corrected chi connectivity index (χ4v) is 2.60. The van der Waals surface area contributed by atoms with Crippen molar-refractivity contribution >= 4 is 22.5 Å². The van der Waals surface area contributed by atoms with Gasteiger partial charge in [0.05, 0.1) is 24.6 Å². The van der Waals surface area contributed by atoms with Gasteiger partial charge in [0.25, 0.3) is 5.78 Å². The lowest BCUT2D eigenvalue weighted by atomic mass is 10.1. The largest absolute Gasteiger partial charge is 0.481 e. The highest BCUT2D eigenvalue weighted by Crippen LogP contribution is 2.36. The summed E-state index contributed by atoms with van der Waals surface area (Å²) in [7, 11) is 1.37. The number of hydrogen-bond donors (Lipinski definition) is 1. The quantitative estimate of drug-likeness (QED) is 0.564. The Morgan fingerprint density at radius 1 is 1.19 bits per heavy atom. The molecule has 7 nitrogen and oxygen atoms in total. The first-order valence-electron chi connectivity index (χ1n) is 7.10. The number of pyridine rings is 1. The Morgan fingerprint density at radius 2 is 1.92 bits per heavy atom. The van der Waals surface area contributed by atoms with Crippen LogP contribution in [0.1, 0.15) is 16.1 Å². The molecule has 134 valence electrons. The molecule has 2 heterocycles. The average molecular weight is 365 g/mol. The average Bonchev–Trinajstić information content (AvgIpc) is 3.05. The van der Waals surface area contributed by atoms with Crippen molar-refractivity contribution in [3.63, 3.8) is 0 Å². The minimum absolute atomic E-state index is 0.0000335. The topological polar surface area (TPSA) is 94.3 Å². The van der Waals surface area contributed by atoms with Gasteiger partial charge >= 0.3 is 12.1 Å². The molecule has 26 heavy (non-hydrogen) atoms. The molecule has 0 fully saturated rings. The predicted molar refractivity (Wildman–Crippen MR) is 82.4 cm³/mol. The van der Waals surface area contributed by atoms with Crippen LogP contribution in [0.5, 0.6) is 5.88 Å². The fourth-order valence-electron chi connectivity index (χ4n) is 2.60. The molecule has 3 rings (SSSR count). The highest BCUT2D eigenvalue weighted by molar-refractivity contribution is 6.40. The number of carbonyl (C=O) groups is 2. The normalized spacial score (nSPS) is 11.5. The summed E-state index contributed by atoms with van der Waals surface area (Å²) in [4.78, 5) is 26.5.